The molecule has 0 fully saturated rings. The highest BCUT2D eigenvalue weighted by Crippen LogP contribution is 2.18. The van der Waals surface area contributed by atoms with Crippen LogP contribution in [0.2, 0.25) is 0 Å². The van der Waals surface area contributed by atoms with E-state index in [-0.39, 0.29) is 5.82 Å². The number of anilines is 1. The maximum atomic E-state index is 13.8. The van der Waals surface area contributed by atoms with Crippen molar-refractivity contribution in [2.24, 2.45) is 0 Å². The molecule has 0 unspecified atom stereocenters. The van der Waals surface area contributed by atoms with Crippen LogP contribution in [0.4, 0.5) is 10.2 Å². The molecule has 0 saturated heterocycles. The van der Waals surface area contributed by atoms with Crippen LogP contribution in [0, 0.1) is 5.82 Å². The number of benzene rings is 1. The topological polar surface area (TPSA) is 58.9 Å². The lowest BCUT2D eigenvalue weighted by Crippen LogP contribution is -2.33. The molecule has 6 nitrogen and oxygen atoms in total. The molecule has 7 heteroatoms. The van der Waals surface area contributed by atoms with E-state index >= 15 is 0 Å². The van der Waals surface area contributed by atoms with Crippen LogP contribution < -0.4 is 5.32 Å². The summed E-state index contributed by atoms with van der Waals surface area (Å²) in [7, 11) is 0. The first-order chi connectivity index (χ1) is 12.3. The smallest absolute Gasteiger partial charge is 0.144 e. The van der Waals surface area contributed by atoms with E-state index in [0.717, 1.165) is 42.4 Å². The van der Waals surface area contributed by atoms with Crippen molar-refractivity contribution < 1.29 is 4.39 Å². The molecule has 0 radical (unpaired) electrons. The molecule has 0 spiro atoms. The molecule has 1 aliphatic heterocycles. The summed E-state index contributed by atoms with van der Waals surface area (Å²) in [6, 6.07) is 9.05. The van der Waals surface area contributed by atoms with Gasteiger partial charge in [-0.15, -0.1) is 0 Å². The number of aromatic nitrogens is 4. The van der Waals surface area contributed by atoms with Gasteiger partial charge in [-0.05, 0) is 12.1 Å². The van der Waals surface area contributed by atoms with Gasteiger partial charge in [0.15, 0.2) is 0 Å². The van der Waals surface area contributed by atoms with Crippen molar-refractivity contribution in [2.75, 3.05) is 11.9 Å². The van der Waals surface area contributed by atoms with E-state index < -0.39 is 0 Å². The third-order valence-electron chi connectivity index (χ3n) is 4.29. The third kappa shape index (κ3) is 3.66. The molecule has 0 atom stereocenters. The quantitative estimate of drug-likeness (QED) is 0.774. The van der Waals surface area contributed by atoms with E-state index in [2.05, 4.69) is 31.3 Å². The van der Waals surface area contributed by atoms with Gasteiger partial charge in [0.2, 0.25) is 0 Å². The Morgan fingerprint density at radius 3 is 2.92 bits per heavy atom. The zero-order valence-corrected chi connectivity index (χ0v) is 13.8. The van der Waals surface area contributed by atoms with Crippen LogP contribution in [0.1, 0.15) is 17.0 Å². The zero-order valence-electron chi connectivity index (χ0n) is 13.8. The van der Waals surface area contributed by atoms with Crippen LogP contribution in [-0.2, 0) is 26.2 Å². The van der Waals surface area contributed by atoms with E-state index in [0.29, 0.717) is 13.1 Å². The van der Waals surface area contributed by atoms with Crippen LogP contribution >= 0.6 is 0 Å². The average molecular weight is 338 g/mol. The van der Waals surface area contributed by atoms with Crippen LogP contribution in [0.15, 0.2) is 48.9 Å². The Balaban J connectivity index is 1.40. The molecule has 3 aromatic rings. The Morgan fingerprint density at radius 1 is 1.16 bits per heavy atom. The van der Waals surface area contributed by atoms with Crippen molar-refractivity contribution in [3.63, 3.8) is 0 Å². The highest BCUT2D eigenvalue weighted by atomic mass is 19.1. The number of nitrogens with zero attached hydrogens (tertiary/aromatic N) is 5. The predicted octanol–water partition coefficient (Wildman–Crippen LogP) is 2.44. The molecule has 0 aliphatic carbocycles. The molecule has 0 saturated carbocycles. The van der Waals surface area contributed by atoms with Gasteiger partial charge in [-0.3, -0.25) is 14.6 Å². The Hall–Kier alpha value is -2.80. The zero-order chi connectivity index (χ0) is 17.1. The van der Waals surface area contributed by atoms with Crippen molar-refractivity contribution in [3.05, 3.63) is 71.7 Å². The van der Waals surface area contributed by atoms with Gasteiger partial charge in [-0.1, -0.05) is 18.2 Å². The second-order valence-corrected chi connectivity index (χ2v) is 6.10. The van der Waals surface area contributed by atoms with Gasteiger partial charge in [0.05, 0.1) is 30.7 Å². The highest BCUT2D eigenvalue weighted by molar-refractivity contribution is 5.31. The van der Waals surface area contributed by atoms with E-state index in [1.54, 1.807) is 24.7 Å². The van der Waals surface area contributed by atoms with E-state index in [9.17, 15) is 4.39 Å². The van der Waals surface area contributed by atoms with E-state index in [1.807, 2.05) is 16.8 Å². The summed E-state index contributed by atoms with van der Waals surface area (Å²) >= 11 is 0. The largest absolute Gasteiger partial charge is 0.363 e. The number of fused-ring (bicyclic) bond motifs is 1. The molecule has 0 amide bonds. The maximum absolute atomic E-state index is 13.8. The molecule has 128 valence electrons. The monoisotopic (exact) mass is 338 g/mol. The number of hydrogen-bond acceptors (Lipinski definition) is 5. The molecule has 2 aromatic heterocycles. The number of halogens is 1. The lowest BCUT2D eigenvalue weighted by Gasteiger charge is -2.27. The van der Waals surface area contributed by atoms with Gasteiger partial charge >= 0.3 is 0 Å². The summed E-state index contributed by atoms with van der Waals surface area (Å²) in [6.45, 7) is 3.67. The summed E-state index contributed by atoms with van der Waals surface area (Å²) in [5, 5.41) is 7.85. The summed E-state index contributed by atoms with van der Waals surface area (Å²) < 4.78 is 15.9. The van der Waals surface area contributed by atoms with Gasteiger partial charge in [0.1, 0.15) is 11.6 Å². The summed E-state index contributed by atoms with van der Waals surface area (Å²) in [5.74, 6) is 0.588. The number of rotatable bonds is 5. The lowest BCUT2D eigenvalue weighted by molar-refractivity contribution is 0.202. The third-order valence-corrected chi connectivity index (χ3v) is 4.29. The number of hydrogen-bond donors (Lipinski definition) is 1. The maximum Gasteiger partial charge on any atom is 0.144 e. The average Bonchev–Trinajstić information content (AvgIpc) is 3.05. The van der Waals surface area contributed by atoms with Crippen LogP contribution in [0.5, 0.6) is 0 Å². The van der Waals surface area contributed by atoms with Crippen LogP contribution in [0.3, 0.4) is 0 Å². The minimum Gasteiger partial charge on any atom is -0.363 e. The first-order valence-corrected chi connectivity index (χ1v) is 8.29. The summed E-state index contributed by atoms with van der Waals surface area (Å²) in [6.07, 6.45) is 4.98. The van der Waals surface area contributed by atoms with E-state index in [1.165, 1.54) is 6.07 Å². The fourth-order valence-corrected chi connectivity index (χ4v) is 3.04. The van der Waals surface area contributed by atoms with Gasteiger partial charge in [0.25, 0.3) is 0 Å². The normalized spacial score (nSPS) is 14.3. The van der Waals surface area contributed by atoms with Crippen molar-refractivity contribution in [1.29, 1.82) is 0 Å². The molecule has 4 rings (SSSR count). The Labute approximate surface area is 145 Å². The SMILES string of the molecule is Fc1ccccc1CN1CCn2nc(CNc3cnccn3)cc2C1. The lowest BCUT2D eigenvalue weighted by atomic mass is 10.2. The van der Waals surface area contributed by atoms with E-state index in [4.69, 9.17) is 0 Å². The van der Waals surface area contributed by atoms with Gasteiger partial charge in [-0.25, -0.2) is 9.37 Å². The Morgan fingerprint density at radius 2 is 2.08 bits per heavy atom. The highest BCUT2D eigenvalue weighted by Gasteiger charge is 2.19. The number of nitrogens with one attached hydrogen (secondary N) is 1. The predicted molar refractivity (Wildman–Crippen MR) is 92.1 cm³/mol. The summed E-state index contributed by atoms with van der Waals surface area (Å²) in [4.78, 5) is 10.5. The van der Waals surface area contributed by atoms with Crippen molar-refractivity contribution in [3.8, 4) is 0 Å². The van der Waals surface area contributed by atoms with Gasteiger partial charge in [0, 0.05) is 37.6 Å². The van der Waals surface area contributed by atoms with Crippen molar-refractivity contribution in [2.45, 2.75) is 26.2 Å². The first kappa shape index (κ1) is 15.7. The minimum atomic E-state index is -0.143. The van der Waals surface area contributed by atoms with Crippen molar-refractivity contribution >= 4 is 5.82 Å². The fourth-order valence-electron chi connectivity index (χ4n) is 3.04. The summed E-state index contributed by atoms with van der Waals surface area (Å²) in [5.41, 5.74) is 2.85. The standard InChI is InChI=1S/C18H19FN6/c19-17-4-2-1-3-14(17)12-24-7-8-25-16(13-24)9-15(23-25)10-22-18-11-20-5-6-21-18/h1-6,9,11H,7-8,10,12-13H2,(H,21,22). The fraction of sp³-hybridized carbons (Fsp3) is 0.278. The molecule has 0 bridgehead atoms. The second kappa shape index (κ2) is 6.98. The molecule has 25 heavy (non-hydrogen) atoms. The first-order valence-electron chi connectivity index (χ1n) is 8.29. The second-order valence-electron chi connectivity index (χ2n) is 6.10. The molecule has 3 heterocycles. The molecule has 1 aromatic carbocycles. The van der Waals surface area contributed by atoms with Crippen LogP contribution in [0.25, 0.3) is 0 Å². The van der Waals surface area contributed by atoms with Gasteiger partial charge < -0.3 is 5.32 Å². The minimum absolute atomic E-state index is 0.143. The Kier molecular flexibility index (Phi) is 4.39. The van der Waals surface area contributed by atoms with Crippen molar-refractivity contribution in [1.82, 2.24) is 24.6 Å². The van der Waals surface area contributed by atoms with Crippen LogP contribution in [-0.4, -0.2) is 31.2 Å². The molecular weight excluding hydrogens is 319 g/mol. The Bertz CT molecular complexity index is 848. The molecular formula is C18H19FN6. The molecule has 1 aliphatic rings. The van der Waals surface area contributed by atoms with Gasteiger partial charge in [-0.2, -0.15) is 5.10 Å². The molecule has 1 N–H and O–H groups in total.